The first-order valence-corrected chi connectivity index (χ1v) is 9.27. The van der Waals surface area contributed by atoms with E-state index in [0.717, 1.165) is 44.7 Å². The van der Waals surface area contributed by atoms with Gasteiger partial charge >= 0.3 is 6.03 Å². The number of piperidine rings is 1. The molecule has 0 spiro atoms. The van der Waals surface area contributed by atoms with E-state index in [1.54, 1.807) is 14.1 Å². The first-order valence-electron chi connectivity index (χ1n) is 9.27. The summed E-state index contributed by atoms with van der Waals surface area (Å²) in [4.78, 5) is 34.1. The Morgan fingerprint density at radius 3 is 2.77 bits per heavy atom. The SMILES string of the molecule is CN(C)CCCn1ccnc1C1CCCN(C(=O)CNC(=O)N(C)C)C1. The van der Waals surface area contributed by atoms with E-state index >= 15 is 0 Å². The van der Waals surface area contributed by atoms with Crippen molar-refractivity contribution in [3.63, 3.8) is 0 Å². The molecule has 1 aromatic rings. The lowest BCUT2D eigenvalue weighted by Crippen LogP contribution is -2.46. The van der Waals surface area contributed by atoms with Crippen molar-refractivity contribution in [1.29, 1.82) is 0 Å². The number of likely N-dealkylation sites (tertiary alicyclic amines) is 1. The normalized spacial score (nSPS) is 17.4. The number of nitrogens with zero attached hydrogens (tertiary/aromatic N) is 5. The van der Waals surface area contributed by atoms with Gasteiger partial charge in [-0.05, 0) is 39.9 Å². The number of amides is 3. The molecule has 1 fully saturated rings. The van der Waals surface area contributed by atoms with E-state index in [1.165, 1.54) is 4.90 Å². The van der Waals surface area contributed by atoms with Crippen LogP contribution in [0.3, 0.4) is 0 Å². The van der Waals surface area contributed by atoms with Gasteiger partial charge < -0.3 is 24.6 Å². The molecule has 0 aliphatic carbocycles. The second-order valence-electron chi connectivity index (χ2n) is 7.37. The molecule has 1 aromatic heterocycles. The van der Waals surface area contributed by atoms with Crippen LogP contribution in [-0.4, -0.2) is 90.6 Å². The molecule has 0 aromatic carbocycles. The zero-order valence-corrected chi connectivity index (χ0v) is 16.4. The van der Waals surface area contributed by atoms with Gasteiger partial charge in [0, 0.05) is 52.0 Å². The number of aryl methyl sites for hydroxylation is 1. The van der Waals surface area contributed by atoms with Gasteiger partial charge in [0.1, 0.15) is 5.82 Å². The summed E-state index contributed by atoms with van der Waals surface area (Å²) in [5.41, 5.74) is 0. The number of nitrogens with one attached hydrogen (secondary N) is 1. The molecule has 1 aliphatic heterocycles. The topological polar surface area (TPSA) is 73.7 Å². The van der Waals surface area contributed by atoms with E-state index in [9.17, 15) is 9.59 Å². The maximum atomic E-state index is 12.4. The van der Waals surface area contributed by atoms with E-state index in [4.69, 9.17) is 0 Å². The second-order valence-corrected chi connectivity index (χ2v) is 7.37. The summed E-state index contributed by atoms with van der Waals surface area (Å²) < 4.78 is 2.22. The van der Waals surface area contributed by atoms with Gasteiger partial charge in [-0.1, -0.05) is 0 Å². The molecule has 8 heteroatoms. The fourth-order valence-corrected chi connectivity index (χ4v) is 3.26. The van der Waals surface area contributed by atoms with E-state index in [1.807, 2.05) is 17.3 Å². The number of imidazole rings is 1. The number of urea groups is 1. The summed E-state index contributed by atoms with van der Waals surface area (Å²) in [5.74, 6) is 1.29. The van der Waals surface area contributed by atoms with Crippen molar-refractivity contribution in [2.45, 2.75) is 31.7 Å². The number of hydrogen-bond donors (Lipinski definition) is 1. The van der Waals surface area contributed by atoms with Crippen LogP contribution in [0, 0.1) is 0 Å². The number of carbonyl (C=O) groups excluding carboxylic acids is 2. The second kappa shape index (κ2) is 9.56. The lowest BCUT2D eigenvalue weighted by Gasteiger charge is -2.33. The summed E-state index contributed by atoms with van der Waals surface area (Å²) in [6.45, 7) is 3.44. The minimum atomic E-state index is -0.247. The van der Waals surface area contributed by atoms with Gasteiger partial charge in [0.2, 0.25) is 5.91 Å². The average Bonchev–Trinajstić information content (AvgIpc) is 3.07. The van der Waals surface area contributed by atoms with Gasteiger partial charge in [-0.15, -0.1) is 0 Å². The van der Waals surface area contributed by atoms with E-state index < -0.39 is 0 Å². The molecule has 1 atom stereocenters. The Hall–Kier alpha value is -2.09. The van der Waals surface area contributed by atoms with E-state index in [2.05, 4.69) is 33.9 Å². The molecule has 1 aliphatic rings. The molecule has 1 N–H and O–H groups in total. The Bertz CT molecular complexity index is 598. The van der Waals surface area contributed by atoms with Crippen molar-refractivity contribution in [3.8, 4) is 0 Å². The summed E-state index contributed by atoms with van der Waals surface area (Å²) in [6, 6.07) is -0.247. The van der Waals surface area contributed by atoms with Crippen molar-refractivity contribution < 1.29 is 9.59 Å². The maximum Gasteiger partial charge on any atom is 0.317 e. The van der Waals surface area contributed by atoms with E-state index in [-0.39, 0.29) is 24.4 Å². The van der Waals surface area contributed by atoms with Crippen molar-refractivity contribution in [2.24, 2.45) is 0 Å². The van der Waals surface area contributed by atoms with Gasteiger partial charge in [-0.25, -0.2) is 9.78 Å². The standard InChI is InChI=1S/C18H32N6O2/c1-21(2)9-6-11-23-12-8-19-17(23)15-7-5-10-24(14-15)16(25)13-20-18(26)22(3)4/h8,12,15H,5-7,9-11,13-14H2,1-4H3,(H,20,26). The van der Waals surface area contributed by atoms with Crippen molar-refractivity contribution in [1.82, 2.24) is 29.6 Å². The van der Waals surface area contributed by atoms with Crippen LogP contribution >= 0.6 is 0 Å². The molecular weight excluding hydrogens is 332 g/mol. The molecule has 2 heterocycles. The highest BCUT2D eigenvalue weighted by Crippen LogP contribution is 2.26. The highest BCUT2D eigenvalue weighted by atomic mass is 16.2. The molecule has 1 saturated heterocycles. The van der Waals surface area contributed by atoms with Gasteiger partial charge in [-0.2, -0.15) is 0 Å². The predicted molar refractivity (Wildman–Crippen MR) is 101 cm³/mol. The number of carbonyl (C=O) groups is 2. The summed E-state index contributed by atoms with van der Waals surface area (Å²) in [7, 11) is 7.47. The van der Waals surface area contributed by atoms with Crippen LogP contribution in [0.5, 0.6) is 0 Å². The Morgan fingerprint density at radius 1 is 1.31 bits per heavy atom. The highest BCUT2D eigenvalue weighted by molar-refractivity contribution is 5.83. The van der Waals surface area contributed by atoms with Crippen molar-refractivity contribution >= 4 is 11.9 Å². The molecule has 0 saturated carbocycles. The van der Waals surface area contributed by atoms with Crippen molar-refractivity contribution in [3.05, 3.63) is 18.2 Å². The van der Waals surface area contributed by atoms with Crippen LogP contribution in [0.2, 0.25) is 0 Å². The van der Waals surface area contributed by atoms with E-state index in [0.29, 0.717) is 6.54 Å². The molecule has 146 valence electrons. The molecule has 8 nitrogen and oxygen atoms in total. The zero-order chi connectivity index (χ0) is 19.1. The molecular formula is C18H32N6O2. The predicted octanol–water partition coefficient (Wildman–Crippen LogP) is 0.812. The van der Waals surface area contributed by atoms with Crippen LogP contribution in [-0.2, 0) is 11.3 Å². The molecule has 1 unspecified atom stereocenters. The van der Waals surface area contributed by atoms with Gasteiger partial charge in [-0.3, -0.25) is 4.79 Å². The monoisotopic (exact) mass is 364 g/mol. The molecule has 2 rings (SSSR count). The Balaban J connectivity index is 1.91. The maximum absolute atomic E-state index is 12.4. The Morgan fingerprint density at radius 2 is 2.08 bits per heavy atom. The zero-order valence-electron chi connectivity index (χ0n) is 16.4. The van der Waals surface area contributed by atoms with Crippen LogP contribution < -0.4 is 5.32 Å². The minimum absolute atomic E-state index is 0.0318. The largest absolute Gasteiger partial charge is 0.340 e. The number of aromatic nitrogens is 2. The fourth-order valence-electron chi connectivity index (χ4n) is 3.26. The molecule has 3 amide bonds. The third-order valence-corrected chi connectivity index (χ3v) is 4.69. The lowest BCUT2D eigenvalue weighted by molar-refractivity contribution is -0.131. The van der Waals surface area contributed by atoms with Crippen LogP contribution in [0.4, 0.5) is 4.79 Å². The van der Waals surface area contributed by atoms with Crippen LogP contribution in [0.1, 0.15) is 31.0 Å². The first kappa shape index (κ1) is 20.2. The minimum Gasteiger partial charge on any atom is -0.340 e. The summed E-state index contributed by atoms with van der Waals surface area (Å²) in [6.07, 6.45) is 6.95. The van der Waals surface area contributed by atoms with Crippen molar-refractivity contribution in [2.75, 3.05) is 54.4 Å². The van der Waals surface area contributed by atoms with Crippen LogP contribution in [0.15, 0.2) is 12.4 Å². The third kappa shape index (κ3) is 5.72. The fraction of sp³-hybridized carbons (Fsp3) is 0.722. The smallest absolute Gasteiger partial charge is 0.317 e. The van der Waals surface area contributed by atoms with Gasteiger partial charge in [0.15, 0.2) is 0 Å². The van der Waals surface area contributed by atoms with Crippen LogP contribution in [0.25, 0.3) is 0 Å². The highest BCUT2D eigenvalue weighted by Gasteiger charge is 2.27. The molecule has 26 heavy (non-hydrogen) atoms. The average molecular weight is 364 g/mol. The summed E-state index contributed by atoms with van der Waals surface area (Å²) in [5, 5.41) is 2.65. The lowest BCUT2D eigenvalue weighted by atomic mass is 9.97. The summed E-state index contributed by atoms with van der Waals surface area (Å²) >= 11 is 0. The quantitative estimate of drug-likeness (QED) is 0.777. The first-order chi connectivity index (χ1) is 12.4. The number of rotatable bonds is 7. The molecule has 0 bridgehead atoms. The Labute approximate surface area is 156 Å². The van der Waals surface area contributed by atoms with Gasteiger partial charge in [0.25, 0.3) is 0 Å². The third-order valence-electron chi connectivity index (χ3n) is 4.69. The van der Waals surface area contributed by atoms with Gasteiger partial charge in [0.05, 0.1) is 6.54 Å². The molecule has 0 radical (unpaired) electrons. The Kier molecular flexibility index (Phi) is 7.44. The number of hydrogen-bond acceptors (Lipinski definition) is 4.